The van der Waals surface area contributed by atoms with Crippen molar-refractivity contribution in [3.63, 3.8) is 0 Å². The summed E-state index contributed by atoms with van der Waals surface area (Å²) in [5.74, 6) is 3.55. The summed E-state index contributed by atoms with van der Waals surface area (Å²) in [5, 5.41) is 0. The van der Waals surface area contributed by atoms with E-state index in [4.69, 9.17) is 14.3 Å². The predicted molar refractivity (Wildman–Crippen MR) is 71.5 cm³/mol. The Morgan fingerprint density at radius 3 is 2.81 bits per heavy atom. The van der Waals surface area contributed by atoms with Gasteiger partial charge in [0, 0.05) is 18.5 Å². The molecule has 0 aromatic rings. The largest absolute Gasteiger partial charge is 0.297 e. The fraction of sp³-hybridized carbons (Fsp3) is 0.714. The molecule has 16 heavy (non-hydrogen) atoms. The smallest absolute Gasteiger partial charge is 0.0717 e. The fourth-order valence-corrected chi connectivity index (χ4v) is 2.47. The van der Waals surface area contributed by atoms with Crippen LogP contribution in [0.25, 0.3) is 0 Å². The van der Waals surface area contributed by atoms with E-state index in [0.717, 1.165) is 32.4 Å². The number of terminal acetylenes is 1. The highest BCUT2D eigenvalue weighted by Gasteiger charge is 2.34. The zero-order valence-corrected chi connectivity index (χ0v) is 10.6. The summed E-state index contributed by atoms with van der Waals surface area (Å²) in [4.78, 5) is 2.45. The number of likely N-dealkylation sites (tertiary alicyclic amines) is 1. The molecule has 3 unspecified atom stereocenters. The lowest BCUT2D eigenvalue weighted by atomic mass is 9.74. The quantitative estimate of drug-likeness (QED) is 0.396. The Morgan fingerprint density at radius 2 is 2.31 bits per heavy atom. The lowest BCUT2D eigenvalue weighted by Crippen LogP contribution is -2.51. The average molecular weight is 215 g/mol. The van der Waals surface area contributed by atoms with Crippen LogP contribution in [-0.4, -0.2) is 31.4 Å². The van der Waals surface area contributed by atoms with E-state index >= 15 is 0 Å². The molecule has 0 saturated carbocycles. The normalized spacial score (nSPS) is 30.3. The minimum atomic E-state index is 0.0913. The van der Waals surface area contributed by atoms with E-state index in [-0.39, 0.29) is 11.4 Å². The zero-order valence-electron chi connectivity index (χ0n) is 10.6. The Bertz CT molecular complexity index is 281. The molecule has 2 heteroatoms. The molecule has 0 bridgehead atoms. The van der Waals surface area contributed by atoms with Gasteiger partial charge in [0.25, 0.3) is 0 Å². The van der Waals surface area contributed by atoms with Gasteiger partial charge in [-0.1, -0.05) is 18.8 Å². The van der Waals surface area contributed by atoms with Gasteiger partial charge in [0.05, 0.1) is 7.85 Å². The van der Waals surface area contributed by atoms with Crippen LogP contribution < -0.4 is 0 Å². The van der Waals surface area contributed by atoms with Gasteiger partial charge in [0.2, 0.25) is 0 Å². The van der Waals surface area contributed by atoms with Gasteiger partial charge in [0.1, 0.15) is 0 Å². The summed E-state index contributed by atoms with van der Waals surface area (Å²) in [6.07, 6.45) is 10.4. The second-order valence-electron chi connectivity index (χ2n) is 5.13. The van der Waals surface area contributed by atoms with Crippen LogP contribution in [0.5, 0.6) is 0 Å². The van der Waals surface area contributed by atoms with Gasteiger partial charge in [-0.2, -0.15) is 0 Å². The van der Waals surface area contributed by atoms with Gasteiger partial charge in [-0.05, 0) is 32.2 Å². The third kappa shape index (κ3) is 2.92. The van der Waals surface area contributed by atoms with Crippen molar-refractivity contribution >= 4 is 7.85 Å². The lowest BCUT2D eigenvalue weighted by Gasteiger charge is -2.46. The van der Waals surface area contributed by atoms with E-state index in [1.165, 1.54) is 0 Å². The molecular weight excluding hydrogens is 193 g/mol. The molecule has 0 aromatic heterocycles. The monoisotopic (exact) mass is 215 g/mol. The standard InChI is InChI=1S/C14H22BN/c1-5-8-14(4,7-3)16-10-12(6-2)9-13(15)11-16/h1,6,12-13H,2,7-11H2,3-4H3. The molecule has 1 heterocycles. The summed E-state index contributed by atoms with van der Waals surface area (Å²) in [5.41, 5.74) is 0.0913. The van der Waals surface area contributed by atoms with Crippen LogP contribution in [0.4, 0.5) is 0 Å². The van der Waals surface area contributed by atoms with Crippen molar-refractivity contribution in [2.45, 2.75) is 44.5 Å². The summed E-state index contributed by atoms with van der Waals surface area (Å²) in [6.45, 7) is 10.3. The second kappa shape index (κ2) is 5.59. The highest BCUT2D eigenvalue weighted by Crippen LogP contribution is 2.32. The van der Waals surface area contributed by atoms with Crippen molar-refractivity contribution in [2.75, 3.05) is 13.1 Å². The average Bonchev–Trinajstić information content (AvgIpc) is 2.28. The molecule has 0 spiro atoms. The molecule has 1 saturated heterocycles. The molecule has 2 radical (unpaired) electrons. The van der Waals surface area contributed by atoms with Crippen LogP contribution in [0.1, 0.15) is 33.1 Å². The van der Waals surface area contributed by atoms with Gasteiger partial charge in [-0.25, -0.2) is 0 Å². The van der Waals surface area contributed by atoms with Crippen molar-refractivity contribution in [2.24, 2.45) is 5.92 Å². The summed E-state index contributed by atoms with van der Waals surface area (Å²) < 4.78 is 0. The van der Waals surface area contributed by atoms with Gasteiger partial charge < -0.3 is 0 Å². The first-order valence-electron chi connectivity index (χ1n) is 6.12. The first kappa shape index (κ1) is 13.4. The topological polar surface area (TPSA) is 3.24 Å². The van der Waals surface area contributed by atoms with E-state index in [2.05, 4.69) is 31.2 Å². The van der Waals surface area contributed by atoms with Crippen LogP contribution in [-0.2, 0) is 0 Å². The lowest BCUT2D eigenvalue weighted by molar-refractivity contribution is 0.0654. The molecular formula is C14H22BN. The molecule has 1 rings (SSSR count). The van der Waals surface area contributed by atoms with E-state index in [0.29, 0.717) is 5.92 Å². The fourth-order valence-electron chi connectivity index (χ4n) is 2.47. The summed E-state index contributed by atoms with van der Waals surface area (Å²) in [6, 6.07) is 0. The Balaban J connectivity index is 2.77. The van der Waals surface area contributed by atoms with Crippen LogP contribution in [0.3, 0.4) is 0 Å². The van der Waals surface area contributed by atoms with Crippen molar-refractivity contribution in [3.05, 3.63) is 12.7 Å². The molecule has 3 atom stereocenters. The third-order valence-electron chi connectivity index (χ3n) is 3.86. The van der Waals surface area contributed by atoms with E-state index in [9.17, 15) is 0 Å². The molecule has 0 N–H and O–H groups in total. The maximum Gasteiger partial charge on any atom is 0.0717 e. The van der Waals surface area contributed by atoms with Gasteiger partial charge >= 0.3 is 0 Å². The maximum atomic E-state index is 6.10. The van der Waals surface area contributed by atoms with Crippen molar-refractivity contribution in [1.82, 2.24) is 4.90 Å². The van der Waals surface area contributed by atoms with Gasteiger partial charge in [-0.3, -0.25) is 4.90 Å². The minimum Gasteiger partial charge on any atom is -0.297 e. The van der Waals surface area contributed by atoms with Crippen LogP contribution >= 0.6 is 0 Å². The molecule has 1 aliphatic rings. The SMILES string of the molecule is [B]C1CC(C=C)CN(C(C)(CC)CC#C)C1. The Hall–Kier alpha value is -0.675. The number of hydrogen-bond donors (Lipinski definition) is 0. The van der Waals surface area contributed by atoms with Crippen LogP contribution in [0.2, 0.25) is 5.82 Å². The number of piperidine rings is 1. The molecule has 0 aliphatic carbocycles. The molecule has 86 valence electrons. The van der Waals surface area contributed by atoms with Crippen LogP contribution in [0, 0.1) is 18.3 Å². The summed E-state index contributed by atoms with van der Waals surface area (Å²) in [7, 11) is 6.10. The maximum absolute atomic E-state index is 6.10. The third-order valence-corrected chi connectivity index (χ3v) is 3.86. The first-order valence-corrected chi connectivity index (χ1v) is 6.12. The van der Waals surface area contributed by atoms with Crippen molar-refractivity contribution in [3.8, 4) is 12.3 Å². The number of hydrogen-bond acceptors (Lipinski definition) is 1. The van der Waals surface area contributed by atoms with E-state index in [1.807, 2.05) is 6.08 Å². The second-order valence-corrected chi connectivity index (χ2v) is 5.13. The van der Waals surface area contributed by atoms with Crippen LogP contribution in [0.15, 0.2) is 12.7 Å². The van der Waals surface area contributed by atoms with Crippen molar-refractivity contribution in [1.29, 1.82) is 0 Å². The predicted octanol–water partition coefficient (Wildman–Crippen LogP) is 2.64. The number of nitrogens with zero attached hydrogens (tertiary/aromatic N) is 1. The highest BCUT2D eigenvalue weighted by atomic mass is 15.2. The van der Waals surface area contributed by atoms with E-state index in [1.54, 1.807) is 0 Å². The molecule has 0 aromatic carbocycles. The Morgan fingerprint density at radius 1 is 1.62 bits per heavy atom. The molecule has 1 nitrogen and oxygen atoms in total. The molecule has 1 aliphatic heterocycles. The van der Waals surface area contributed by atoms with E-state index < -0.39 is 0 Å². The van der Waals surface area contributed by atoms with Gasteiger partial charge in [-0.15, -0.1) is 18.9 Å². The zero-order chi connectivity index (χ0) is 12.2. The minimum absolute atomic E-state index is 0.0913. The van der Waals surface area contributed by atoms with Crippen molar-refractivity contribution < 1.29 is 0 Å². The van der Waals surface area contributed by atoms with Gasteiger partial charge in [0.15, 0.2) is 0 Å². The Labute approximate surface area is 102 Å². The first-order chi connectivity index (χ1) is 7.55. The Kier molecular flexibility index (Phi) is 4.68. The highest BCUT2D eigenvalue weighted by molar-refractivity contribution is 6.11. The molecule has 0 amide bonds. The summed E-state index contributed by atoms with van der Waals surface area (Å²) >= 11 is 0. The molecule has 1 fully saturated rings. The number of rotatable bonds is 4.